The summed E-state index contributed by atoms with van der Waals surface area (Å²) < 4.78 is 0. The molecule has 0 radical (unpaired) electrons. The molecule has 0 aliphatic carbocycles. The van der Waals surface area contributed by atoms with Crippen LogP contribution >= 0.6 is 11.6 Å². The van der Waals surface area contributed by atoms with Crippen LogP contribution in [-0.4, -0.2) is 15.8 Å². The number of nitrogens with two attached hydrogens (primary N) is 1. The van der Waals surface area contributed by atoms with E-state index in [1.807, 2.05) is 30.3 Å². The number of carbonyl (C=O) groups is 1. The molecule has 3 N–H and O–H groups in total. The number of rotatable bonds is 3. The lowest BCUT2D eigenvalue weighted by Gasteiger charge is -2.02. The van der Waals surface area contributed by atoms with Crippen LogP contribution in [0.2, 0.25) is 5.02 Å². The summed E-state index contributed by atoms with van der Waals surface area (Å²) in [6, 6.07) is 16.1. The molecular weight excluding hydrogens is 286 g/mol. The van der Waals surface area contributed by atoms with E-state index >= 15 is 0 Å². The molecule has 3 rings (SSSR count). The lowest BCUT2D eigenvalue weighted by Crippen LogP contribution is -2.03. The molecule has 5 heteroatoms. The van der Waals surface area contributed by atoms with Gasteiger partial charge < -0.3 is 10.7 Å². The molecule has 1 aromatic heterocycles. The molecule has 0 spiro atoms. The summed E-state index contributed by atoms with van der Waals surface area (Å²) in [5.74, 6) is 0.0425. The number of nitrogens with one attached hydrogen (secondary N) is 1. The molecule has 0 amide bonds. The van der Waals surface area contributed by atoms with Crippen molar-refractivity contribution in [3.63, 3.8) is 0 Å². The quantitative estimate of drug-likeness (QED) is 0.726. The largest absolute Gasteiger partial charge is 0.369 e. The third-order valence-electron chi connectivity index (χ3n) is 3.10. The number of hydrogen-bond donors (Lipinski definition) is 2. The van der Waals surface area contributed by atoms with Gasteiger partial charge in [-0.2, -0.15) is 0 Å². The summed E-state index contributed by atoms with van der Waals surface area (Å²) in [7, 11) is 0. The lowest BCUT2D eigenvalue weighted by molar-refractivity contribution is 0.103. The van der Waals surface area contributed by atoms with E-state index < -0.39 is 0 Å². The number of nitrogen functional groups attached to an aromatic ring is 1. The molecule has 2 aromatic carbocycles. The first kappa shape index (κ1) is 13.4. The molecule has 0 atom stereocenters. The number of halogens is 1. The van der Waals surface area contributed by atoms with Gasteiger partial charge in [-0.15, -0.1) is 0 Å². The average Bonchev–Trinajstić information content (AvgIpc) is 2.90. The second-order valence-corrected chi connectivity index (χ2v) is 4.98. The fourth-order valence-corrected chi connectivity index (χ4v) is 2.23. The monoisotopic (exact) mass is 297 g/mol. The molecule has 0 unspecified atom stereocenters. The third-order valence-corrected chi connectivity index (χ3v) is 3.35. The first-order chi connectivity index (χ1) is 10.1. The number of benzene rings is 2. The van der Waals surface area contributed by atoms with Gasteiger partial charge >= 0.3 is 0 Å². The number of anilines is 1. The molecule has 3 aromatic rings. The molecule has 0 saturated heterocycles. The zero-order chi connectivity index (χ0) is 14.8. The van der Waals surface area contributed by atoms with E-state index in [1.165, 1.54) is 0 Å². The molecule has 0 aliphatic heterocycles. The van der Waals surface area contributed by atoms with Crippen molar-refractivity contribution < 1.29 is 4.79 Å². The molecule has 0 bridgehead atoms. The van der Waals surface area contributed by atoms with Gasteiger partial charge in [-0.1, -0.05) is 41.9 Å². The topological polar surface area (TPSA) is 71.8 Å². The van der Waals surface area contributed by atoms with Crippen molar-refractivity contribution >= 4 is 23.3 Å². The van der Waals surface area contributed by atoms with Crippen LogP contribution in [0.3, 0.4) is 0 Å². The van der Waals surface area contributed by atoms with Crippen molar-refractivity contribution in [2.75, 3.05) is 5.73 Å². The van der Waals surface area contributed by atoms with Crippen LogP contribution < -0.4 is 5.73 Å². The van der Waals surface area contributed by atoms with Gasteiger partial charge in [0.25, 0.3) is 0 Å². The van der Waals surface area contributed by atoms with Crippen LogP contribution in [0, 0.1) is 0 Å². The van der Waals surface area contributed by atoms with E-state index in [1.54, 1.807) is 24.3 Å². The van der Waals surface area contributed by atoms with Crippen molar-refractivity contribution in [3.8, 4) is 11.3 Å². The van der Waals surface area contributed by atoms with Crippen LogP contribution in [0.4, 0.5) is 5.95 Å². The Hall–Kier alpha value is -2.59. The minimum absolute atomic E-state index is 0.172. The highest BCUT2D eigenvalue weighted by Crippen LogP contribution is 2.24. The fourth-order valence-electron chi connectivity index (χ4n) is 2.11. The van der Waals surface area contributed by atoms with Crippen molar-refractivity contribution in [2.45, 2.75) is 0 Å². The fraction of sp³-hybridized carbons (Fsp3) is 0. The van der Waals surface area contributed by atoms with E-state index in [2.05, 4.69) is 9.97 Å². The van der Waals surface area contributed by atoms with Crippen molar-refractivity contribution in [1.82, 2.24) is 9.97 Å². The van der Waals surface area contributed by atoms with Crippen molar-refractivity contribution in [1.29, 1.82) is 0 Å². The Bertz CT molecular complexity index is 779. The van der Waals surface area contributed by atoms with Crippen LogP contribution in [0.15, 0.2) is 54.6 Å². The molecular formula is C16H12ClN3O. The summed E-state index contributed by atoms with van der Waals surface area (Å²) in [5.41, 5.74) is 8.01. The highest BCUT2D eigenvalue weighted by molar-refractivity contribution is 6.30. The zero-order valence-electron chi connectivity index (χ0n) is 11.0. The molecule has 104 valence electrons. The number of hydrogen-bond acceptors (Lipinski definition) is 3. The van der Waals surface area contributed by atoms with Gasteiger partial charge in [0, 0.05) is 16.1 Å². The predicted molar refractivity (Wildman–Crippen MR) is 83.3 cm³/mol. The van der Waals surface area contributed by atoms with E-state index in [0.717, 1.165) is 5.56 Å². The molecule has 0 fully saturated rings. The van der Waals surface area contributed by atoms with Crippen molar-refractivity contribution in [2.24, 2.45) is 0 Å². The maximum atomic E-state index is 12.6. The maximum absolute atomic E-state index is 12.6. The van der Waals surface area contributed by atoms with Gasteiger partial charge in [0.05, 0.1) is 0 Å². The maximum Gasteiger partial charge on any atom is 0.211 e. The summed E-state index contributed by atoms with van der Waals surface area (Å²) in [6.07, 6.45) is 0. The molecule has 0 aliphatic rings. The van der Waals surface area contributed by atoms with Gasteiger partial charge in [-0.25, -0.2) is 4.98 Å². The Kier molecular flexibility index (Phi) is 3.46. The summed E-state index contributed by atoms with van der Waals surface area (Å²) in [5, 5.41) is 0.582. The standard InChI is InChI=1S/C16H12ClN3O/c17-12-8-6-11(7-9-12)15(21)14-13(19-16(18)20-14)10-4-2-1-3-5-10/h1-9H,(H3,18,19,20). The second-order valence-electron chi connectivity index (χ2n) is 4.55. The molecule has 21 heavy (non-hydrogen) atoms. The van der Waals surface area contributed by atoms with E-state index in [4.69, 9.17) is 17.3 Å². The first-order valence-corrected chi connectivity index (χ1v) is 6.74. The van der Waals surface area contributed by atoms with Crippen LogP contribution in [0.5, 0.6) is 0 Å². The normalized spacial score (nSPS) is 10.5. The van der Waals surface area contributed by atoms with Gasteiger partial charge in [0.2, 0.25) is 5.78 Å². The Morgan fingerprint density at radius 3 is 2.38 bits per heavy atom. The van der Waals surface area contributed by atoms with Gasteiger partial charge in [0.1, 0.15) is 11.4 Å². The summed E-state index contributed by atoms with van der Waals surface area (Å²) in [6.45, 7) is 0. The third kappa shape index (κ3) is 2.66. The van der Waals surface area contributed by atoms with Crippen LogP contribution in [-0.2, 0) is 0 Å². The van der Waals surface area contributed by atoms with Crippen LogP contribution in [0.25, 0.3) is 11.3 Å². The number of ketones is 1. The minimum Gasteiger partial charge on any atom is -0.369 e. The molecule has 0 saturated carbocycles. The smallest absolute Gasteiger partial charge is 0.211 e. The number of aromatic nitrogens is 2. The van der Waals surface area contributed by atoms with E-state index in [-0.39, 0.29) is 11.7 Å². The van der Waals surface area contributed by atoms with Gasteiger partial charge in [0.15, 0.2) is 5.95 Å². The Morgan fingerprint density at radius 1 is 1.05 bits per heavy atom. The zero-order valence-corrected chi connectivity index (χ0v) is 11.8. The second kappa shape index (κ2) is 5.42. The van der Waals surface area contributed by atoms with E-state index in [0.29, 0.717) is 22.0 Å². The lowest BCUT2D eigenvalue weighted by atomic mass is 10.0. The van der Waals surface area contributed by atoms with Crippen LogP contribution in [0.1, 0.15) is 16.1 Å². The number of nitrogens with zero attached hydrogens (tertiary/aromatic N) is 1. The number of carbonyl (C=O) groups excluding carboxylic acids is 1. The number of H-pyrrole nitrogens is 1. The minimum atomic E-state index is -0.172. The summed E-state index contributed by atoms with van der Waals surface area (Å²) >= 11 is 5.84. The highest BCUT2D eigenvalue weighted by Gasteiger charge is 2.19. The predicted octanol–water partition coefficient (Wildman–Crippen LogP) is 3.54. The first-order valence-electron chi connectivity index (χ1n) is 6.36. The molecule has 4 nitrogen and oxygen atoms in total. The Morgan fingerprint density at radius 2 is 1.71 bits per heavy atom. The SMILES string of the molecule is Nc1nc(-c2ccccc2)c(C(=O)c2ccc(Cl)cc2)[nH]1. The van der Waals surface area contributed by atoms with E-state index in [9.17, 15) is 4.79 Å². The number of aromatic amines is 1. The van der Waals surface area contributed by atoms with Crippen molar-refractivity contribution in [3.05, 3.63) is 70.9 Å². The van der Waals surface area contributed by atoms with Gasteiger partial charge in [-0.3, -0.25) is 4.79 Å². The summed E-state index contributed by atoms with van der Waals surface area (Å²) in [4.78, 5) is 19.7. The highest BCUT2D eigenvalue weighted by atomic mass is 35.5. The Labute approximate surface area is 126 Å². The Balaban J connectivity index is 2.07. The average molecular weight is 298 g/mol. The van der Waals surface area contributed by atoms with Gasteiger partial charge in [-0.05, 0) is 24.3 Å². The molecule has 1 heterocycles. The number of imidazole rings is 1.